The number of carbonyl (C=O) groups excluding carboxylic acids is 2. The van der Waals surface area contributed by atoms with E-state index in [1.807, 2.05) is 79.4 Å². The van der Waals surface area contributed by atoms with E-state index in [1.54, 1.807) is 12.0 Å². The number of benzene rings is 3. The predicted molar refractivity (Wildman–Crippen MR) is 140 cm³/mol. The molecule has 36 heavy (non-hydrogen) atoms. The molecule has 3 aromatic rings. The first-order valence-corrected chi connectivity index (χ1v) is 12.1. The Kier molecular flexibility index (Phi) is 6.18. The minimum atomic E-state index is -0.386. The summed E-state index contributed by atoms with van der Waals surface area (Å²) in [6, 6.07) is 18.5. The van der Waals surface area contributed by atoms with Gasteiger partial charge in [-0.2, -0.15) is 0 Å². The van der Waals surface area contributed by atoms with Crippen LogP contribution in [0.1, 0.15) is 36.6 Å². The van der Waals surface area contributed by atoms with Gasteiger partial charge in [-0.15, -0.1) is 0 Å². The summed E-state index contributed by atoms with van der Waals surface area (Å²) in [5, 5.41) is 2.82. The molecule has 3 aromatic carbocycles. The summed E-state index contributed by atoms with van der Waals surface area (Å²) in [6.07, 6.45) is 0.193. The molecule has 0 spiro atoms. The van der Waals surface area contributed by atoms with Gasteiger partial charge >= 0.3 is 6.03 Å². The summed E-state index contributed by atoms with van der Waals surface area (Å²) in [4.78, 5) is 29.2. The van der Waals surface area contributed by atoms with Crippen LogP contribution in [0.4, 0.5) is 21.9 Å². The summed E-state index contributed by atoms with van der Waals surface area (Å²) in [7, 11) is 1.60. The van der Waals surface area contributed by atoms with Gasteiger partial charge in [0.15, 0.2) is 11.5 Å². The predicted octanol–water partition coefficient (Wildman–Crippen LogP) is 4.27. The number of nitrogen functional groups attached to an aromatic ring is 1. The standard InChI is InChI=1S/C28H30N4O4/c1-17(2)36-25-16-23-19(14-24(25)35-3)15-26(33)32(27(23)18-4-6-20(29)7-5-18)22-10-8-21(9-11-22)31-13-12-30-28(31)34/h4-11,14,16-17,27H,12-13,15,29H2,1-3H3,(H,30,34). The van der Waals surface area contributed by atoms with Gasteiger partial charge in [0.1, 0.15) is 0 Å². The molecule has 0 aromatic heterocycles. The second kappa shape index (κ2) is 9.45. The van der Waals surface area contributed by atoms with E-state index in [9.17, 15) is 9.59 Å². The lowest BCUT2D eigenvalue weighted by molar-refractivity contribution is -0.118. The fourth-order valence-electron chi connectivity index (χ4n) is 4.87. The molecule has 1 saturated heterocycles. The lowest BCUT2D eigenvalue weighted by Crippen LogP contribution is -2.41. The van der Waals surface area contributed by atoms with Crippen LogP contribution in [0, 0.1) is 0 Å². The van der Waals surface area contributed by atoms with Gasteiger partial charge in [-0.05, 0) is 79.1 Å². The van der Waals surface area contributed by atoms with Crippen LogP contribution in [0.15, 0.2) is 60.7 Å². The Balaban J connectivity index is 1.62. The van der Waals surface area contributed by atoms with E-state index >= 15 is 0 Å². The summed E-state index contributed by atoms with van der Waals surface area (Å²) in [6.45, 7) is 5.16. The zero-order valence-corrected chi connectivity index (χ0v) is 20.7. The number of fused-ring (bicyclic) bond motifs is 1. The zero-order valence-electron chi connectivity index (χ0n) is 20.7. The van der Waals surface area contributed by atoms with Crippen molar-refractivity contribution in [2.75, 3.05) is 35.7 Å². The van der Waals surface area contributed by atoms with Crippen LogP contribution in [-0.4, -0.2) is 38.2 Å². The van der Waals surface area contributed by atoms with Gasteiger partial charge in [-0.1, -0.05) is 12.1 Å². The zero-order chi connectivity index (χ0) is 25.4. The van der Waals surface area contributed by atoms with Gasteiger partial charge in [-0.25, -0.2) is 4.79 Å². The Labute approximate surface area is 210 Å². The first-order valence-electron chi connectivity index (χ1n) is 12.1. The van der Waals surface area contributed by atoms with E-state index in [0.717, 1.165) is 28.1 Å². The van der Waals surface area contributed by atoms with Crippen molar-refractivity contribution >= 4 is 29.0 Å². The molecule has 8 heteroatoms. The summed E-state index contributed by atoms with van der Waals surface area (Å²) >= 11 is 0. The Hall–Kier alpha value is -4.20. The normalized spacial score (nSPS) is 17.3. The van der Waals surface area contributed by atoms with E-state index in [0.29, 0.717) is 30.3 Å². The van der Waals surface area contributed by atoms with E-state index in [1.165, 1.54) is 0 Å². The highest BCUT2D eigenvalue weighted by atomic mass is 16.5. The Morgan fingerprint density at radius 3 is 2.28 bits per heavy atom. The second-order valence-corrected chi connectivity index (χ2v) is 9.28. The number of urea groups is 1. The molecule has 2 heterocycles. The van der Waals surface area contributed by atoms with Gasteiger partial charge in [0.05, 0.1) is 25.7 Å². The number of methoxy groups -OCH3 is 1. The third-order valence-electron chi connectivity index (χ3n) is 6.50. The number of nitrogens with one attached hydrogen (secondary N) is 1. The first-order chi connectivity index (χ1) is 17.4. The van der Waals surface area contributed by atoms with Gasteiger partial charge in [0, 0.05) is 30.2 Å². The number of nitrogens with zero attached hydrogens (tertiary/aromatic N) is 2. The molecule has 2 aliphatic rings. The van der Waals surface area contributed by atoms with Crippen LogP contribution in [0.5, 0.6) is 11.5 Å². The average Bonchev–Trinajstić information content (AvgIpc) is 3.29. The molecule has 2 aliphatic heterocycles. The van der Waals surface area contributed by atoms with Gasteiger partial charge in [0.25, 0.3) is 0 Å². The van der Waals surface area contributed by atoms with E-state index in [2.05, 4.69) is 5.32 Å². The minimum Gasteiger partial charge on any atom is -0.493 e. The molecule has 0 saturated carbocycles. The van der Waals surface area contributed by atoms with Crippen molar-refractivity contribution in [1.82, 2.24) is 5.32 Å². The number of anilines is 3. The minimum absolute atomic E-state index is 0.0319. The van der Waals surface area contributed by atoms with E-state index in [-0.39, 0.29) is 30.5 Å². The van der Waals surface area contributed by atoms with Crippen molar-refractivity contribution in [1.29, 1.82) is 0 Å². The molecule has 1 fully saturated rings. The fourth-order valence-corrected chi connectivity index (χ4v) is 4.87. The van der Waals surface area contributed by atoms with Crippen molar-refractivity contribution in [3.05, 3.63) is 77.4 Å². The number of carbonyl (C=O) groups is 2. The van der Waals surface area contributed by atoms with E-state index < -0.39 is 0 Å². The van der Waals surface area contributed by atoms with Crippen LogP contribution in [0.2, 0.25) is 0 Å². The molecule has 3 N–H and O–H groups in total. The van der Waals surface area contributed by atoms with E-state index in [4.69, 9.17) is 15.2 Å². The largest absolute Gasteiger partial charge is 0.493 e. The smallest absolute Gasteiger partial charge is 0.321 e. The fraction of sp³-hybridized carbons (Fsp3) is 0.286. The number of hydrogen-bond donors (Lipinski definition) is 2. The molecule has 186 valence electrons. The lowest BCUT2D eigenvalue weighted by Gasteiger charge is -2.38. The third kappa shape index (κ3) is 4.30. The average molecular weight is 487 g/mol. The maximum atomic E-state index is 13.6. The maximum Gasteiger partial charge on any atom is 0.321 e. The van der Waals surface area contributed by atoms with Gasteiger partial charge in [0.2, 0.25) is 5.91 Å². The van der Waals surface area contributed by atoms with Crippen LogP contribution in [-0.2, 0) is 11.2 Å². The molecule has 3 amide bonds. The van der Waals surface area contributed by atoms with Crippen molar-refractivity contribution in [2.24, 2.45) is 0 Å². The number of rotatable bonds is 6. The molecular weight excluding hydrogens is 456 g/mol. The molecule has 0 aliphatic carbocycles. The summed E-state index contributed by atoms with van der Waals surface area (Å²) < 4.78 is 11.6. The van der Waals surface area contributed by atoms with Gasteiger partial charge in [-0.3, -0.25) is 9.69 Å². The summed E-state index contributed by atoms with van der Waals surface area (Å²) in [5.41, 5.74) is 11.0. The molecule has 0 radical (unpaired) electrons. The van der Waals surface area contributed by atoms with Crippen LogP contribution in [0.3, 0.4) is 0 Å². The Morgan fingerprint density at radius 2 is 1.67 bits per heavy atom. The third-order valence-corrected chi connectivity index (χ3v) is 6.50. The molecule has 5 rings (SSSR count). The van der Waals surface area contributed by atoms with Crippen molar-refractivity contribution in [2.45, 2.75) is 32.4 Å². The Morgan fingerprint density at radius 1 is 0.972 bits per heavy atom. The number of hydrogen-bond acceptors (Lipinski definition) is 5. The van der Waals surface area contributed by atoms with Crippen LogP contribution in [0.25, 0.3) is 0 Å². The molecule has 8 nitrogen and oxygen atoms in total. The van der Waals surface area contributed by atoms with Crippen molar-refractivity contribution in [3.8, 4) is 11.5 Å². The SMILES string of the molecule is COc1cc2c(cc1OC(C)C)C(c1ccc(N)cc1)N(c1ccc(N3CCNC3=O)cc1)C(=O)C2. The summed E-state index contributed by atoms with van der Waals surface area (Å²) in [5.74, 6) is 1.21. The number of nitrogens with two attached hydrogens (primary N) is 1. The van der Waals surface area contributed by atoms with Crippen LogP contribution < -0.4 is 30.3 Å². The van der Waals surface area contributed by atoms with Crippen molar-refractivity contribution < 1.29 is 19.1 Å². The number of ether oxygens (including phenoxy) is 2. The highest BCUT2D eigenvalue weighted by Gasteiger charge is 2.36. The molecule has 0 bridgehead atoms. The number of amides is 3. The highest BCUT2D eigenvalue weighted by molar-refractivity contribution is 5.99. The monoisotopic (exact) mass is 486 g/mol. The van der Waals surface area contributed by atoms with Crippen LogP contribution >= 0.6 is 0 Å². The lowest BCUT2D eigenvalue weighted by atomic mass is 9.86. The first kappa shape index (κ1) is 23.5. The highest BCUT2D eigenvalue weighted by Crippen LogP contribution is 2.44. The molecular formula is C28H30N4O4. The van der Waals surface area contributed by atoms with Gasteiger partial charge < -0.3 is 25.4 Å². The van der Waals surface area contributed by atoms with Crippen molar-refractivity contribution in [3.63, 3.8) is 0 Å². The molecule has 1 atom stereocenters. The maximum absolute atomic E-state index is 13.6. The second-order valence-electron chi connectivity index (χ2n) is 9.28. The molecule has 1 unspecified atom stereocenters. The topological polar surface area (TPSA) is 97.1 Å². The quantitative estimate of drug-likeness (QED) is 0.507. The Bertz CT molecular complexity index is 1290.